The molecular formula is C50H70N14O6Si2. The van der Waals surface area contributed by atoms with Gasteiger partial charge in [0.2, 0.25) is 0 Å². The van der Waals surface area contributed by atoms with E-state index in [2.05, 4.69) is 80.6 Å². The van der Waals surface area contributed by atoms with E-state index in [0.717, 1.165) is 69.4 Å². The fourth-order valence-corrected chi connectivity index (χ4v) is 9.04. The molecule has 8 heterocycles. The molecule has 384 valence electrons. The lowest BCUT2D eigenvalue weighted by molar-refractivity contribution is -0.0314. The molecule has 2 fully saturated rings. The van der Waals surface area contributed by atoms with Crippen LogP contribution in [0.15, 0.2) is 73.6 Å². The lowest BCUT2D eigenvalue weighted by Gasteiger charge is -2.48. The Kier molecular flexibility index (Phi) is 17.3. The van der Waals surface area contributed by atoms with Gasteiger partial charge in [-0.2, -0.15) is 20.7 Å². The van der Waals surface area contributed by atoms with Crippen LogP contribution in [0.1, 0.15) is 48.0 Å². The van der Waals surface area contributed by atoms with Gasteiger partial charge >= 0.3 is 12.2 Å². The summed E-state index contributed by atoms with van der Waals surface area (Å²) in [6.07, 6.45) is 15.4. The number of nitriles is 2. The van der Waals surface area contributed by atoms with Gasteiger partial charge in [-0.25, -0.2) is 29.5 Å². The average molecular weight is 1020 g/mol. The Morgan fingerprint density at radius 2 is 1.26 bits per heavy atom. The van der Waals surface area contributed by atoms with Crippen LogP contribution < -0.4 is 0 Å². The van der Waals surface area contributed by atoms with Crippen LogP contribution in [-0.4, -0.2) is 138 Å². The van der Waals surface area contributed by atoms with Gasteiger partial charge in [0.1, 0.15) is 54.2 Å². The molecule has 0 unspecified atom stereocenters. The normalized spacial score (nSPS) is 14.5. The van der Waals surface area contributed by atoms with Gasteiger partial charge in [-0.05, 0) is 71.3 Å². The zero-order valence-corrected chi connectivity index (χ0v) is 45.9. The van der Waals surface area contributed by atoms with Gasteiger partial charge in [0.05, 0.1) is 55.4 Å². The second kappa shape index (κ2) is 22.8. The van der Waals surface area contributed by atoms with E-state index in [-0.39, 0.29) is 18.6 Å². The highest BCUT2D eigenvalue weighted by Gasteiger charge is 2.49. The van der Waals surface area contributed by atoms with Crippen LogP contribution in [0, 0.1) is 22.7 Å². The fraction of sp³-hybridized carbons (Fsp3) is 0.520. The SMILES string of the molecule is CC(C)(C)OC(=O)N1CC(=CC#N)C1.CC(C)(C)OC(=O)N1CC(CC#N)(n2cc(-c3ncnc4c3ccn4COCC[Si](C)(C)C)cn2)C1.C[Si](C)(C)CCOCn1ccc2c(-c3cn[nH]c3)ncnc21. The van der Waals surface area contributed by atoms with Crippen molar-refractivity contribution in [2.24, 2.45) is 0 Å². The van der Waals surface area contributed by atoms with Crippen molar-refractivity contribution in [3.63, 3.8) is 0 Å². The van der Waals surface area contributed by atoms with Crippen molar-refractivity contribution >= 4 is 50.4 Å². The molecule has 6 aromatic rings. The van der Waals surface area contributed by atoms with Crippen LogP contribution in [0.3, 0.4) is 0 Å². The van der Waals surface area contributed by atoms with E-state index < -0.39 is 32.9 Å². The maximum absolute atomic E-state index is 12.4. The number of aromatic nitrogens is 10. The molecule has 2 amide bonds. The summed E-state index contributed by atoms with van der Waals surface area (Å²) in [5.41, 5.74) is 4.49. The van der Waals surface area contributed by atoms with Crippen LogP contribution >= 0.6 is 0 Å². The van der Waals surface area contributed by atoms with Crippen LogP contribution in [0.5, 0.6) is 0 Å². The van der Waals surface area contributed by atoms with Gasteiger partial charge in [0.15, 0.2) is 0 Å². The van der Waals surface area contributed by atoms with Crippen molar-refractivity contribution in [1.82, 2.24) is 58.8 Å². The van der Waals surface area contributed by atoms with E-state index in [0.29, 0.717) is 39.6 Å². The number of rotatable bonds is 14. The Morgan fingerprint density at radius 3 is 1.72 bits per heavy atom. The summed E-state index contributed by atoms with van der Waals surface area (Å²) in [6, 6.07) is 10.5. The molecular weight excluding hydrogens is 949 g/mol. The Balaban J connectivity index is 0.000000199. The summed E-state index contributed by atoms with van der Waals surface area (Å²) in [4.78, 5) is 44.8. The minimum atomic E-state index is -1.14. The molecule has 0 atom stereocenters. The molecule has 1 N–H and O–H groups in total. The van der Waals surface area contributed by atoms with Gasteiger partial charge in [-0.15, -0.1) is 0 Å². The van der Waals surface area contributed by atoms with E-state index in [1.807, 2.05) is 93.7 Å². The Hall–Kier alpha value is -6.73. The highest BCUT2D eigenvalue weighted by atomic mass is 28.3. The molecule has 0 bridgehead atoms. The van der Waals surface area contributed by atoms with Crippen molar-refractivity contribution in [2.45, 2.75) is 130 Å². The molecule has 6 aromatic heterocycles. The first-order valence-corrected chi connectivity index (χ1v) is 31.5. The number of aromatic amines is 1. The molecule has 0 aromatic carbocycles. The Morgan fingerprint density at radius 1 is 0.750 bits per heavy atom. The van der Waals surface area contributed by atoms with Crippen LogP contribution in [0.25, 0.3) is 44.6 Å². The lowest BCUT2D eigenvalue weighted by atomic mass is 9.87. The maximum Gasteiger partial charge on any atom is 0.410 e. The van der Waals surface area contributed by atoms with Gasteiger partial charge in [-0.1, -0.05) is 39.3 Å². The standard InChI is InChI=1S/C25H35N7O3Si.C15H21N5OSi.C10H14N2O2/c1-24(2,3)35-23(33)31-15-25(16-31,8-9-26)32-14-19(13-29-32)21-20-7-10-30(22(20)28-17-27-21)18-34-11-12-36(4,5)6;1-22(2,3)7-6-21-11-20-5-4-13-14(12-8-18-19-9-12)16-10-17-15(13)20;1-10(2,3)14-9(13)12-6-8(7-12)4-5-11/h7,10,13-14,17H,8,11-12,15-16,18H2,1-6H3;4-5,8-10H,6-7,11H2,1-3H3,(H,18,19);4H,6-7H2,1-3H3. The Bertz CT molecular complexity index is 2890. The van der Waals surface area contributed by atoms with Gasteiger partial charge in [0.25, 0.3) is 0 Å². The quantitative estimate of drug-likeness (QED) is 0.0609. The highest BCUT2D eigenvalue weighted by Crippen LogP contribution is 2.35. The number of hydrogen-bond donors (Lipinski definition) is 1. The van der Waals surface area contributed by atoms with Crippen LogP contribution in [0.4, 0.5) is 9.59 Å². The van der Waals surface area contributed by atoms with Crippen LogP contribution in [0.2, 0.25) is 51.4 Å². The molecule has 8 rings (SSSR count). The third kappa shape index (κ3) is 14.9. The van der Waals surface area contributed by atoms with Crippen molar-refractivity contribution in [3.8, 4) is 34.7 Å². The second-order valence-corrected chi connectivity index (χ2v) is 33.8. The highest BCUT2D eigenvalue weighted by molar-refractivity contribution is 6.76. The molecule has 0 aliphatic carbocycles. The van der Waals surface area contributed by atoms with E-state index in [1.54, 1.807) is 39.5 Å². The summed E-state index contributed by atoms with van der Waals surface area (Å²) in [5.74, 6) is 0. The van der Waals surface area contributed by atoms with Gasteiger partial charge in [0, 0.05) is 95.2 Å². The largest absolute Gasteiger partial charge is 0.444 e. The molecule has 2 aliphatic heterocycles. The summed E-state index contributed by atoms with van der Waals surface area (Å²) >= 11 is 0. The average Bonchev–Trinajstić information content (AvgIpc) is 4.10. The summed E-state index contributed by atoms with van der Waals surface area (Å²) in [6.45, 7) is 29.3. The number of ether oxygens (including phenoxy) is 4. The monoisotopic (exact) mass is 1020 g/mol. The predicted molar refractivity (Wildman–Crippen MR) is 280 cm³/mol. The number of fused-ring (bicyclic) bond motifs is 2. The number of carbonyl (C=O) groups is 2. The summed E-state index contributed by atoms with van der Waals surface area (Å²) in [7, 11) is -2.19. The molecule has 72 heavy (non-hydrogen) atoms. The molecule has 22 heteroatoms. The molecule has 0 saturated carbocycles. The van der Waals surface area contributed by atoms with Crippen molar-refractivity contribution in [1.29, 1.82) is 10.5 Å². The summed E-state index contributed by atoms with van der Waals surface area (Å²) in [5, 5.41) is 31.1. The van der Waals surface area contributed by atoms with E-state index in [1.165, 1.54) is 12.1 Å². The topological polar surface area (TPSA) is 233 Å². The molecule has 0 spiro atoms. The molecule has 20 nitrogen and oxygen atoms in total. The molecule has 2 saturated heterocycles. The smallest absolute Gasteiger partial charge is 0.410 e. The van der Waals surface area contributed by atoms with E-state index in [9.17, 15) is 14.9 Å². The fourth-order valence-electron chi connectivity index (χ4n) is 7.53. The number of nitrogens with zero attached hydrogens (tertiary/aromatic N) is 13. The van der Waals surface area contributed by atoms with Crippen molar-refractivity contribution in [3.05, 3.63) is 73.6 Å². The molecule has 2 aliphatic rings. The summed E-state index contributed by atoms with van der Waals surface area (Å²) < 4.78 is 28.1. The van der Waals surface area contributed by atoms with Crippen molar-refractivity contribution < 1.29 is 28.5 Å². The molecule has 0 radical (unpaired) electrons. The number of hydrogen-bond acceptors (Lipinski definition) is 14. The van der Waals surface area contributed by atoms with Gasteiger partial charge < -0.3 is 37.9 Å². The Labute approximate surface area is 424 Å². The number of allylic oxidation sites excluding steroid dienone is 1. The van der Waals surface area contributed by atoms with Crippen LogP contribution in [-0.2, 0) is 37.9 Å². The minimum absolute atomic E-state index is 0.234. The van der Waals surface area contributed by atoms with E-state index >= 15 is 0 Å². The number of amides is 2. The van der Waals surface area contributed by atoms with Crippen molar-refractivity contribution in [2.75, 3.05) is 39.4 Å². The minimum Gasteiger partial charge on any atom is -0.444 e. The third-order valence-corrected chi connectivity index (χ3v) is 14.8. The third-order valence-electron chi connectivity index (χ3n) is 11.4. The number of H-pyrrole nitrogens is 1. The first-order chi connectivity index (χ1) is 33.9. The predicted octanol–water partition coefficient (Wildman–Crippen LogP) is 9.29. The number of nitrogens with one attached hydrogen (secondary N) is 1. The van der Waals surface area contributed by atoms with Gasteiger partial charge in [-0.3, -0.25) is 9.78 Å². The zero-order valence-electron chi connectivity index (χ0n) is 43.9. The first kappa shape index (κ1) is 54.6. The maximum atomic E-state index is 12.4. The number of likely N-dealkylation sites (tertiary alicyclic amines) is 2. The second-order valence-electron chi connectivity index (χ2n) is 22.5. The lowest BCUT2D eigenvalue weighted by Crippen LogP contribution is -2.64. The number of carbonyl (C=O) groups excluding carboxylic acids is 2. The first-order valence-electron chi connectivity index (χ1n) is 24.1. The van der Waals surface area contributed by atoms with E-state index in [4.69, 9.17) is 24.2 Å². The zero-order chi connectivity index (χ0) is 52.5.